The maximum atomic E-state index is 10.5. The fourth-order valence-electron chi connectivity index (χ4n) is 1.64. The number of carbonyl (C=O) groups is 1. The monoisotopic (exact) mass is 256 g/mol. The molecule has 0 aliphatic heterocycles. The highest BCUT2D eigenvalue weighted by molar-refractivity contribution is 7.99. The number of nitrogens with one attached hydrogen (secondary N) is 1. The molecule has 0 fully saturated rings. The molecule has 1 rings (SSSR count). The zero-order valence-electron chi connectivity index (χ0n) is 10.8. The van der Waals surface area contributed by atoms with Crippen molar-refractivity contribution in [2.45, 2.75) is 45.2 Å². The van der Waals surface area contributed by atoms with Crippen LogP contribution in [-0.2, 0) is 11.2 Å². The van der Waals surface area contributed by atoms with Gasteiger partial charge in [0.1, 0.15) is 0 Å². The fourth-order valence-corrected chi connectivity index (χ4v) is 2.26. The topological polar surface area (TPSA) is 66.0 Å². The molecule has 17 heavy (non-hydrogen) atoms. The molecule has 0 aromatic carbocycles. The maximum absolute atomic E-state index is 10.5. The van der Waals surface area contributed by atoms with Gasteiger partial charge in [0, 0.05) is 5.69 Å². The first-order valence-electron chi connectivity index (χ1n) is 5.83. The Labute approximate surface area is 106 Å². The molecule has 0 aliphatic rings. The van der Waals surface area contributed by atoms with Gasteiger partial charge >= 0.3 is 5.97 Å². The molecule has 0 atom stereocenters. The van der Waals surface area contributed by atoms with Crippen LogP contribution in [0.4, 0.5) is 0 Å². The van der Waals surface area contributed by atoms with Crippen molar-refractivity contribution in [2.24, 2.45) is 5.92 Å². The summed E-state index contributed by atoms with van der Waals surface area (Å²) in [4.78, 5) is 18.2. The molecule has 0 radical (unpaired) electrons. The molecule has 96 valence electrons. The summed E-state index contributed by atoms with van der Waals surface area (Å²) in [6.45, 7) is 8.53. The number of hydrogen-bond donors (Lipinski definition) is 2. The van der Waals surface area contributed by atoms with Crippen LogP contribution in [0.15, 0.2) is 5.16 Å². The van der Waals surface area contributed by atoms with E-state index >= 15 is 0 Å². The van der Waals surface area contributed by atoms with E-state index in [0.29, 0.717) is 17.0 Å². The molecule has 0 unspecified atom stereocenters. The van der Waals surface area contributed by atoms with Gasteiger partial charge in [0.05, 0.1) is 11.4 Å². The number of aromatic amines is 1. The highest BCUT2D eigenvalue weighted by Gasteiger charge is 2.15. The molecule has 5 heteroatoms. The van der Waals surface area contributed by atoms with Gasteiger partial charge in [-0.15, -0.1) is 0 Å². The number of rotatable bonds is 6. The zero-order chi connectivity index (χ0) is 13.0. The van der Waals surface area contributed by atoms with Gasteiger partial charge in [-0.05, 0) is 18.3 Å². The number of imidazole rings is 1. The van der Waals surface area contributed by atoms with Crippen molar-refractivity contribution in [2.75, 3.05) is 5.75 Å². The second kappa shape index (κ2) is 6.10. The lowest BCUT2D eigenvalue weighted by molar-refractivity contribution is -0.133. The molecule has 1 aromatic heterocycles. The van der Waals surface area contributed by atoms with Crippen LogP contribution in [0.25, 0.3) is 0 Å². The van der Waals surface area contributed by atoms with Crippen LogP contribution in [0.2, 0.25) is 0 Å². The Bertz CT molecular complexity index is 386. The van der Waals surface area contributed by atoms with E-state index in [0.717, 1.165) is 17.8 Å². The average Bonchev–Trinajstić information content (AvgIpc) is 2.57. The third kappa shape index (κ3) is 4.42. The summed E-state index contributed by atoms with van der Waals surface area (Å²) in [7, 11) is 0. The van der Waals surface area contributed by atoms with E-state index in [1.165, 1.54) is 11.8 Å². The molecule has 0 aliphatic carbocycles. The van der Waals surface area contributed by atoms with Gasteiger partial charge in [-0.2, -0.15) is 0 Å². The van der Waals surface area contributed by atoms with Crippen LogP contribution in [0.5, 0.6) is 0 Å². The van der Waals surface area contributed by atoms with Crippen LogP contribution in [-0.4, -0.2) is 26.8 Å². The largest absolute Gasteiger partial charge is 0.481 e. The van der Waals surface area contributed by atoms with Gasteiger partial charge < -0.3 is 10.1 Å². The van der Waals surface area contributed by atoms with Gasteiger partial charge in [0.2, 0.25) is 0 Å². The molecule has 0 saturated carbocycles. The number of aliphatic carboxylic acids is 1. The number of nitrogens with zero attached hydrogens (tertiary/aromatic N) is 1. The summed E-state index contributed by atoms with van der Waals surface area (Å²) in [5.41, 5.74) is 2.20. The summed E-state index contributed by atoms with van der Waals surface area (Å²) >= 11 is 1.24. The molecule has 0 amide bonds. The number of H-pyrrole nitrogens is 1. The Hall–Kier alpha value is -0.970. The van der Waals surface area contributed by atoms with Crippen molar-refractivity contribution in [1.29, 1.82) is 0 Å². The van der Waals surface area contributed by atoms with Crippen molar-refractivity contribution in [3.8, 4) is 0 Å². The van der Waals surface area contributed by atoms with Crippen LogP contribution in [0.1, 0.15) is 45.0 Å². The summed E-state index contributed by atoms with van der Waals surface area (Å²) in [5.74, 6) is 0.152. The molecule has 1 heterocycles. The van der Waals surface area contributed by atoms with E-state index in [-0.39, 0.29) is 5.75 Å². The minimum absolute atomic E-state index is 0.0478. The van der Waals surface area contributed by atoms with Crippen LogP contribution < -0.4 is 0 Å². The Balaban J connectivity index is 2.83. The zero-order valence-corrected chi connectivity index (χ0v) is 11.6. The molecule has 0 bridgehead atoms. The minimum atomic E-state index is -0.817. The smallest absolute Gasteiger partial charge is 0.313 e. The second-order valence-electron chi connectivity index (χ2n) is 4.84. The molecule has 4 nitrogen and oxygen atoms in total. The predicted octanol–water partition coefficient (Wildman–Crippen LogP) is 2.91. The molecule has 0 saturated heterocycles. The van der Waals surface area contributed by atoms with E-state index < -0.39 is 5.97 Å². The third-order valence-corrected chi connectivity index (χ3v) is 3.14. The normalized spacial score (nSPS) is 11.4. The quantitative estimate of drug-likeness (QED) is 0.768. The van der Waals surface area contributed by atoms with Gasteiger partial charge in [-0.1, -0.05) is 39.5 Å². The highest BCUT2D eigenvalue weighted by atomic mass is 32.2. The maximum Gasteiger partial charge on any atom is 0.313 e. The second-order valence-corrected chi connectivity index (χ2v) is 5.80. The Morgan fingerprint density at radius 2 is 2.06 bits per heavy atom. The van der Waals surface area contributed by atoms with Crippen molar-refractivity contribution in [1.82, 2.24) is 9.97 Å². The van der Waals surface area contributed by atoms with Gasteiger partial charge in [-0.3, -0.25) is 4.79 Å². The number of carboxylic acid groups (broad SMARTS) is 1. The molecule has 0 spiro atoms. The first kappa shape index (κ1) is 14.1. The van der Waals surface area contributed by atoms with E-state index in [1.807, 2.05) is 0 Å². The van der Waals surface area contributed by atoms with E-state index in [2.05, 4.69) is 37.7 Å². The lowest BCUT2D eigenvalue weighted by Crippen LogP contribution is -2.00. The fraction of sp³-hybridized carbons (Fsp3) is 0.667. The number of aromatic nitrogens is 2. The van der Waals surface area contributed by atoms with Crippen molar-refractivity contribution in [3.63, 3.8) is 0 Å². The summed E-state index contributed by atoms with van der Waals surface area (Å²) in [5, 5.41) is 9.36. The Morgan fingerprint density at radius 1 is 1.41 bits per heavy atom. The number of thioether (sulfide) groups is 1. The van der Waals surface area contributed by atoms with E-state index in [9.17, 15) is 4.79 Å². The average molecular weight is 256 g/mol. The standard InChI is InChI=1S/C12H20N2O2S/c1-7(2)5-9-11(8(3)4)14-12(13-9)17-6-10(15)16/h7-8H,5-6H2,1-4H3,(H,13,14)(H,15,16). The van der Waals surface area contributed by atoms with E-state index in [4.69, 9.17) is 5.11 Å². The Morgan fingerprint density at radius 3 is 2.53 bits per heavy atom. The predicted molar refractivity (Wildman–Crippen MR) is 69.6 cm³/mol. The lowest BCUT2D eigenvalue weighted by atomic mass is 10.0. The number of hydrogen-bond acceptors (Lipinski definition) is 3. The van der Waals surface area contributed by atoms with Crippen LogP contribution >= 0.6 is 11.8 Å². The number of carboxylic acids is 1. The highest BCUT2D eigenvalue weighted by Crippen LogP contribution is 2.24. The third-order valence-electron chi connectivity index (χ3n) is 2.28. The molecule has 2 N–H and O–H groups in total. The van der Waals surface area contributed by atoms with Crippen molar-refractivity contribution in [3.05, 3.63) is 11.4 Å². The van der Waals surface area contributed by atoms with Gasteiger partial charge in [0.25, 0.3) is 0 Å². The van der Waals surface area contributed by atoms with E-state index in [1.54, 1.807) is 0 Å². The minimum Gasteiger partial charge on any atom is -0.481 e. The first-order chi connectivity index (χ1) is 7.90. The Kier molecular flexibility index (Phi) is 5.05. The van der Waals surface area contributed by atoms with Gasteiger partial charge in [0.15, 0.2) is 5.16 Å². The van der Waals surface area contributed by atoms with Crippen molar-refractivity contribution >= 4 is 17.7 Å². The SMILES string of the molecule is CC(C)Cc1[nH]c(SCC(=O)O)nc1C(C)C. The first-order valence-corrected chi connectivity index (χ1v) is 6.82. The molecular weight excluding hydrogens is 236 g/mol. The lowest BCUT2D eigenvalue weighted by Gasteiger charge is -2.07. The van der Waals surface area contributed by atoms with Crippen molar-refractivity contribution < 1.29 is 9.90 Å². The molecule has 1 aromatic rings. The van der Waals surface area contributed by atoms with Crippen LogP contribution in [0.3, 0.4) is 0 Å². The van der Waals surface area contributed by atoms with Gasteiger partial charge in [-0.25, -0.2) is 4.98 Å². The summed E-state index contributed by atoms with van der Waals surface area (Å²) < 4.78 is 0. The van der Waals surface area contributed by atoms with Crippen LogP contribution in [0, 0.1) is 5.92 Å². The summed E-state index contributed by atoms with van der Waals surface area (Å²) in [6, 6.07) is 0. The molecular formula is C12H20N2O2S. The summed E-state index contributed by atoms with van der Waals surface area (Å²) in [6.07, 6.45) is 0.953.